The van der Waals surface area contributed by atoms with Crippen molar-refractivity contribution >= 4 is 33.2 Å². The first-order valence-electron chi connectivity index (χ1n) is 5.03. The van der Waals surface area contributed by atoms with E-state index in [1.54, 1.807) is 12.1 Å². The van der Waals surface area contributed by atoms with Crippen LogP contribution in [-0.4, -0.2) is 22.7 Å². The molecule has 0 fully saturated rings. The summed E-state index contributed by atoms with van der Waals surface area (Å²) in [5, 5.41) is 4.36. The normalized spacial score (nSPS) is 11.2. The number of fused-ring (bicyclic) bond motifs is 1. The van der Waals surface area contributed by atoms with E-state index in [1.807, 2.05) is 13.0 Å². The molecule has 2 aromatic rings. The fraction of sp³-hybridized carbons (Fsp3) is 0.182. The van der Waals surface area contributed by atoms with Crippen LogP contribution in [0.25, 0.3) is 10.9 Å². The summed E-state index contributed by atoms with van der Waals surface area (Å²) in [6.07, 6.45) is 2.60. The lowest BCUT2D eigenvalue weighted by atomic mass is 10.2. The summed E-state index contributed by atoms with van der Waals surface area (Å²) < 4.78 is 6.91. The molecular formula is C11H10BrN3O2. The maximum atomic E-state index is 12.0. The maximum Gasteiger partial charge on any atom is 0.281 e. The number of nitrogens with zero attached hydrogens (tertiary/aromatic N) is 3. The molecule has 17 heavy (non-hydrogen) atoms. The van der Waals surface area contributed by atoms with Crippen molar-refractivity contribution in [3.63, 3.8) is 0 Å². The first-order chi connectivity index (χ1) is 8.22. The van der Waals surface area contributed by atoms with Crippen molar-refractivity contribution in [2.24, 2.45) is 5.10 Å². The van der Waals surface area contributed by atoms with E-state index >= 15 is 0 Å². The molecule has 0 aliphatic heterocycles. The topological polar surface area (TPSA) is 56.5 Å². The van der Waals surface area contributed by atoms with Crippen molar-refractivity contribution in [2.75, 3.05) is 6.61 Å². The van der Waals surface area contributed by atoms with Gasteiger partial charge in [0.1, 0.15) is 6.33 Å². The molecule has 1 heterocycles. The van der Waals surface area contributed by atoms with E-state index in [0.717, 1.165) is 9.15 Å². The predicted molar refractivity (Wildman–Crippen MR) is 69.2 cm³/mol. The van der Waals surface area contributed by atoms with Gasteiger partial charge in [-0.15, -0.1) is 5.10 Å². The Bertz CT molecular complexity index is 622. The molecule has 0 saturated heterocycles. The molecule has 0 N–H and O–H groups in total. The van der Waals surface area contributed by atoms with Gasteiger partial charge in [0.25, 0.3) is 5.56 Å². The van der Waals surface area contributed by atoms with Gasteiger partial charge >= 0.3 is 0 Å². The Balaban J connectivity index is 2.53. The molecule has 0 saturated carbocycles. The van der Waals surface area contributed by atoms with Gasteiger partial charge in [-0.1, -0.05) is 15.9 Å². The summed E-state index contributed by atoms with van der Waals surface area (Å²) in [7, 11) is 0. The largest absolute Gasteiger partial charge is 0.482 e. The van der Waals surface area contributed by atoms with E-state index in [-0.39, 0.29) is 5.56 Å². The van der Waals surface area contributed by atoms with Gasteiger partial charge in [0, 0.05) is 4.47 Å². The van der Waals surface area contributed by atoms with E-state index in [4.69, 9.17) is 4.74 Å². The molecule has 0 unspecified atom stereocenters. The average molecular weight is 296 g/mol. The van der Waals surface area contributed by atoms with Crippen LogP contribution in [0.5, 0.6) is 0 Å². The van der Waals surface area contributed by atoms with Crippen LogP contribution in [0.1, 0.15) is 6.92 Å². The first-order valence-corrected chi connectivity index (χ1v) is 5.83. The van der Waals surface area contributed by atoms with E-state index in [1.165, 1.54) is 12.7 Å². The SMILES string of the molecule is CCO/C=N/n1cnc2ccc(Br)cc2c1=O. The summed E-state index contributed by atoms with van der Waals surface area (Å²) in [5.74, 6) is 0. The fourth-order valence-electron chi connectivity index (χ4n) is 1.33. The molecular weight excluding hydrogens is 286 g/mol. The van der Waals surface area contributed by atoms with Crippen LogP contribution in [0.2, 0.25) is 0 Å². The highest BCUT2D eigenvalue weighted by molar-refractivity contribution is 9.10. The summed E-state index contributed by atoms with van der Waals surface area (Å²) in [6.45, 7) is 2.34. The summed E-state index contributed by atoms with van der Waals surface area (Å²) >= 11 is 3.32. The van der Waals surface area contributed by atoms with Crippen molar-refractivity contribution < 1.29 is 4.74 Å². The molecule has 0 spiro atoms. The van der Waals surface area contributed by atoms with E-state index in [9.17, 15) is 4.79 Å². The van der Waals surface area contributed by atoms with Crippen molar-refractivity contribution in [1.29, 1.82) is 0 Å². The number of aromatic nitrogens is 2. The molecule has 0 bridgehead atoms. The second-order valence-corrected chi connectivity index (χ2v) is 4.15. The van der Waals surface area contributed by atoms with Crippen molar-refractivity contribution in [3.8, 4) is 0 Å². The zero-order chi connectivity index (χ0) is 12.3. The first kappa shape index (κ1) is 11.8. The molecule has 0 aliphatic rings. The molecule has 5 nitrogen and oxygen atoms in total. The number of ether oxygens (including phenoxy) is 1. The number of benzene rings is 1. The minimum absolute atomic E-state index is 0.229. The molecule has 0 aliphatic carbocycles. The van der Waals surface area contributed by atoms with Crippen molar-refractivity contribution in [2.45, 2.75) is 6.92 Å². The van der Waals surface area contributed by atoms with Gasteiger partial charge in [0.2, 0.25) is 0 Å². The van der Waals surface area contributed by atoms with Crippen molar-refractivity contribution in [1.82, 2.24) is 9.66 Å². The van der Waals surface area contributed by atoms with Crippen molar-refractivity contribution in [3.05, 3.63) is 39.4 Å². The summed E-state index contributed by atoms with van der Waals surface area (Å²) in [6, 6.07) is 5.33. The van der Waals surface area contributed by atoms with Gasteiger partial charge in [-0.3, -0.25) is 4.79 Å². The van der Waals surface area contributed by atoms with E-state index < -0.39 is 0 Å². The van der Waals surface area contributed by atoms with Gasteiger partial charge in [-0.2, -0.15) is 4.68 Å². The number of rotatable bonds is 3. The van der Waals surface area contributed by atoms with E-state index in [2.05, 4.69) is 26.0 Å². The van der Waals surface area contributed by atoms with Gasteiger partial charge in [-0.05, 0) is 25.1 Å². The molecule has 0 radical (unpaired) electrons. The van der Waals surface area contributed by atoms with Gasteiger partial charge in [0.15, 0.2) is 6.40 Å². The summed E-state index contributed by atoms with van der Waals surface area (Å²) in [5.41, 5.74) is 0.410. The van der Waals surface area contributed by atoms with Crippen LogP contribution in [0.15, 0.2) is 38.9 Å². The molecule has 0 amide bonds. The Morgan fingerprint density at radius 3 is 3.18 bits per heavy atom. The van der Waals surface area contributed by atoms with Gasteiger partial charge in [0.05, 0.1) is 17.5 Å². The van der Waals surface area contributed by atoms with E-state index in [0.29, 0.717) is 17.5 Å². The second-order valence-electron chi connectivity index (χ2n) is 3.23. The summed E-state index contributed by atoms with van der Waals surface area (Å²) in [4.78, 5) is 16.1. The van der Waals surface area contributed by atoms with Gasteiger partial charge in [-0.25, -0.2) is 4.98 Å². The quantitative estimate of drug-likeness (QED) is 0.643. The Hall–Kier alpha value is -1.69. The highest BCUT2D eigenvalue weighted by Gasteiger charge is 2.03. The van der Waals surface area contributed by atoms with Crippen LogP contribution >= 0.6 is 15.9 Å². The standard InChI is InChI=1S/C11H10BrN3O2/c1-2-17-7-14-15-6-13-10-4-3-8(12)5-9(10)11(15)16/h3-7H,2H2,1H3/b14-7+. The van der Waals surface area contributed by atoms with Crippen LogP contribution < -0.4 is 5.56 Å². The second kappa shape index (κ2) is 5.09. The Morgan fingerprint density at radius 2 is 2.41 bits per heavy atom. The smallest absolute Gasteiger partial charge is 0.281 e. The highest BCUT2D eigenvalue weighted by atomic mass is 79.9. The zero-order valence-electron chi connectivity index (χ0n) is 9.13. The minimum atomic E-state index is -0.229. The van der Waals surface area contributed by atoms with Crippen LogP contribution in [-0.2, 0) is 4.74 Å². The molecule has 1 aromatic heterocycles. The number of halogens is 1. The third-order valence-electron chi connectivity index (χ3n) is 2.12. The monoisotopic (exact) mass is 295 g/mol. The average Bonchev–Trinajstić information content (AvgIpc) is 2.33. The predicted octanol–water partition coefficient (Wildman–Crippen LogP) is 1.99. The lowest BCUT2D eigenvalue weighted by molar-refractivity contribution is 0.340. The molecule has 2 rings (SSSR count). The Morgan fingerprint density at radius 1 is 1.59 bits per heavy atom. The number of hydrogen-bond donors (Lipinski definition) is 0. The maximum absolute atomic E-state index is 12.0. The number of hydrogen-bond acceptors (Lipinski definition) is 4. The third-order valence-corrected chi connectivity index (χ3v) is 2.61. The highest BCUT2D eigenvalue weighted by Crippen LogP contribution is 2.14. The van der Waals surface area contributed by atoms with Crippen LogP contribution in [0.4, 0.5) is 0 Å². The minimum Gasteiger partial charge on any atom is -0.482 e. The molecule has 88 valence electrons. The Labute approximate surface area is 106 Å². The van der Waals surface area contributed by atoms with Crippen LogP contribution in [0, 0.1) is 0 Å². The fourth-order valence-corrected chi connectivity index (χ4v) is 1.69. The zero-order valence-corrected chi connectivity index (χ0v) is 10.7. The third kappa shape index (κ3) is 2.52. The lowest BCUT2D eigenvalue weighted by Crippen LogP contribution is -2.17. The van der Waals surface area contributed by atoms with Gasteiger partial charge < -0.3 is 4.74 Å². The molecule has 6 heteroatoms. The molecule has 1 aromatic carbocycles. The molecule has 0 atom stereocenters. The Kier molecular flexibility index (Phi) is 3.53. The van der Waals surface area contributed by atoms with Crippen LogP contribution in [0.3, 0.4) is 0 Å². The lowest BCUT2D eigenvalue weighted by Gasteiger charge is -2.00.